The Labute approximate surface area is 107 Å². The SMILES string of the molecule is Cc1ccc(C(O)c2cccc(C)c2F)cc1C. The van der Waals surface area contributed by atoms with Crippen LogP contribution in [0.1, 0.15) is 33.9 Å². The van der Waals surface area contributed by atoms with Gasteiger partial charge in [0.1, 0.15) is 11.9 Å². The van der Waals surface area contributed by atoms with Gasteiger partial charge in [-0.05, 0) is 43.0 Å². The van der Waals surface area contributed by atoms with Gasteiger partial charge in [-0.2, -0.15) is 0 Å². The van der Waals surface area contributed by atoms with Crippen LogP contribution in [-0.2, 0) is 0 Å². The van der Waals surface area contributed by atoms with Crippen molar-refractivity contribution in [1.29, 1.82) is 0 Å². The zero-order valence-electron chi connectivity index (χ0n) is 10.9. The topological polar surface area (TPSA) is 20.2 Å². The Morgan fingerprint density at radius 3 is 2.33 bits per heavy atom. The van der Waals surface area contributed by atoms with Crippen LogP contribution in [0.5, 0.6) is 0 Å². The maximum atomic E-state index is 14.0. The molecular formula is C16H17FO. The molecule has 1 N–H and O–H groups in total. The van der Waals surface area contributed by atoms with E-state index in [1.807, 2.05) is 32.0 Å². The number of halogens is 1. The molecule has 1 atom stereocenters. The second-order valence-corrected chi connectivity index (χ2v) is 4.72. The van der Waals surface area contributed by atoms with Gasteiger partial charge in [-0.25, -0.2) is 4.39 Å². The van der Waals surface area contributed by atoms with E-state index >= 15 is 0 Å². The molecule has 2 rings (SSSR count). The molecule has 0 amide bonds. The largest absolute Gasteiger partial charge is 0.384 e. The molecule has 0 radical (unpaired) electrons. The third-order valence-electron chi connectivity index (χ3n) is 3.36. The molecule has 0 aliphatic carbocycles. The molecule has 2 heteroatoms. The van der Waals surface area contributed by atoms with E-state index in [1.165, 1.54) is 0 Å². The van der Waals surface area contributed by atoms with Gasteiger partial charge in [0.15, 0.2) is 0 Å². The highest BCUT2D eigenvalue weighted by Gasteiger charge is 2.16. The van der Waals surface area contributed by atoms with Crippen molar-refractivity contribution in [1.82, 2.24) is 0 Å². The summed E-state index contributed by atoms with van der Waals surface area (Å²) in [5, 5.41) is 10.3. The van der Waals surface area contributed by atoms with E-state index < -0.39 is 6.10 Å². The monoisotopic (exact) mass is 244 g/mol. The third kappa shape index (κ3) is 2.29. The molecule has 0 heterocycles. The predicted octanol–water partition coefficient (Wildman–Crippen LogP) is 3.83. The van der Waals surface area contributed by atoms with Crippen LogP contribution in [0.2, 0.25) is 0 Å². The molecule has 0 aromatic heterocycles. The molecule has 18 heavy (non-hydrogen) atoms. The van der Waals surface area contributed by atoms with Crippen LogP contribution in [0.3, 0.4) is 0 Å². The van der Waals surface area contributed by atoms with Crippen molar-refractivity contribution in [2.45, 2.75) is 26.9 Å². The number of aryl methyl sites for hydroxylation is 3. The number of benzene rings is 2. The van der Waals surface area contributed by atoms with Crippen LogP contribution >= 0.6 is 0 Å². The predicted molar refractivity (Wildman–Crippen MR) is 71.1 cm³/mol. The van der Waals surface area contributed by atoms with Gasteiger partial charge in [0.25, 0.3) is 0 Å². The highest BCUT2D eigenvalue weighted by molar-refractivity contribution is 5.37. The van der Waals surface area contributed by atoms with Crippen molar-refractivity contribution >= 4 is 0 Å². The first kappa shape index (κ1) is 12.8. The normalized spacial score (nSPS) is 12.5. The van der Waals surface area contributed by atoms with Gasteiger partial charge < -0.3 is 5.11 Å². The number of hydrogen-bond donors (Lipinski definition) is 1. The number of rotatable bonds is 2. The molecular weight excluding hydrogens is 227 g/mol. The van der Waals surface area contributed by atoms with Gasteiger partial charge in [-0.15, -0.1) is 0 Å². The quantitative estimate of drug-likeness (QED) is 0.851. The summed E-state index contributed by atoms with van der Waals surface area (Å²) in [6.45, 7) is 5.70. The third-order valence-corrected chi connectivity index (χ3v) is 3.36. The zero-order valence-corrected chi connectivity index (χ0v) is 10.9. The summed E-state index contributed by atoms with van der Waals surface area (Å²) in [6.07, 6.45) is -0.913. The van der Waals surface area contributed by atoms with E-state index in [9.17, 15) is 9.50 Å². The van der Waals surface area contributed by atoms with Crippen LogP contribution in [0.25, 0.3) is 0 Å². The van der Waals surface area contributed by atoms with Crippen LogP contribution in [0.4, 0.5) is 4.39 Å². The highest BCUT2D eigenvalue weighted by Crippen LogP contribution is 2.26. The molecule has 0 aliphatic heterocycles. The molecule has 1 nitrogen and oxygen atoms in total. The lowest BCUT2D eigenvalue weighted by atomic mass is 9.96. The Morgan fingerprint density at radius 1 is 0.944 bits per heavy atom. The average Bonchev–Trinajstić information content (AvgIpc) is 2.35. The van der Waals surface area contributed by atoms with Crippen molar-refractivity contribution in [3.63, 3.8) is 0 Å². The Balaban J connectivity index is 2.44. The molecule has 2 aromatic carbocycles. The molecule has 0 saturated carbocycles. The van der Waals surface area contributed by atoms with Crippen LogP contribution in [-0.4, -0.2) is 5.11 Å². The van der Waals surface area contributed by atoms with Gasteiger partial charge in [0.05, 0.1) is 0 Å². The fourth-order valence-corrected chi connectivity index (χ4v) is 2.00. The molecule has 0 spiro atoms. The minimum atomic E-state index is -0.913. The van der Waals surface area contributed by atoms with Crippen LogP contribution in [0.15, 0.2) is 36.4 Å². The maximum absolute atomic E-state index is 14.0. The van der Waals surface area contributed by atoms with E-state index in [0.717, 1.165) is 16.7 Å². The van der Waals surface area contributed by atoms with Crippen LogP contribution in [0, 0.1) is 26.6 Å². The minimum absolute atomic E-state index is 0.330. The van der Waals surface area contributed by atoms with E-state index in [0.29, 0.717) is 11.1 Å². The number of aliphatic hydroxyl groups excluding tert-OH is 1. The minimum Gasteiger partial charge on any atom is -0.384 e. The van der Waals surface area contributed by atoms with Crippen molar-refractivity contribution in [3.8, 4) is 0 Å². The van der Waals surface area contributed by atoms with Crippen molar-refractivity contribution < 1.29 is 9.50 Å². The van der Waals surface area contributed by atoms with Crippen LogP contribution < -0.4 is 0 Å². The lowest BCUT2D eigenvalue weighted by Gasteiger charge is -2.15. The Bertz CT molecular complexity index is 575. The fraction of sp³-hybridized carbons (Fsp3) is 0.250. The first-order chi connectivity index (χ1) is 8.50. The average molecular weight is 244 g/mol. The second-order valence-electron chi connectivity index (χ2n) is 4.72. The van der Waals surface area contributed by atoms with Gasteiger partial charge in [0.2, 0.25) is 0 Å². The molecule has 0 saturated heterocycles. The van der Waals surface area contributed by atoms with E-state index in [2.05, 4.69) is 0 Å². The zero-order chi connectivity index (χ0) is 13.3. The molecule has 2 aromatic rings. The van der Waals surface area contributed by atoms with Crippen molar-refractivity contribution in [2.24, 2.45) is 0 Å². The summed E-state index contributed by atoms with van der Waals surface area (Å²) >= 11 is 0. The van der Waals surface area contributed by atoms with Gasteiger partial charge in [-0.1, -0.05) is 36.4 Å². The molecule has 1 unspecified atom stereocenters. The Morgan fingerprint density at radius 2 is 1.67 bits per heavy atom. The molecule has 94 valence electrons. The summed E-state index contributed by atoms with van der Waals surface area (Å²) < 4.78 is 14.0. The Kier molecular flexibility index (Phi) is 3.48. The molecule has 0 bridgehead atoms. The van der Waals surface area contributed by atoms with E-state index in [-0.39, 0.29) is 5.82 Å². The van der Waals surface area contributed by atoms with Crippen molar-refractivity contribution in [3.05, 3.63) is 70.0 Å². The number of aliphatic hydroxyl groups is 1. The Hall–Kier alpha value is -1.67. The van der Waals surface area contributed by atoms with Crippen molar-refractivity contribution in [2.75, 3.05) is 0 Å². The fourth-order valence-electron chi connectivity index (χ4n) is 2.00. The first-order valence-corrected chi connectivity index (χ1v) is 6.01. The van der Waals surface area contributed by atoms with E-state index in [4.69, 9.17) is 0 Å². The molecule has 0 aliphatic rings. The summed E-state index contributed by atoms with van der Waals surface area (Å²) in [6, 6.07) is 10.8. The number of hydrogen-bond acceptors (Lipinski definition) is 1. The summed E-state index contributed by atoms with van der Waals surface area (Å²) in [5.74, 6) is -0.330. The van der Waals surface area contributed by atoms with E-state index in [1.54, 1.807) is 25.1 Å². The standard InChI is InChI=1S/C16H17FO/c1-10-7-8-13(9-12(10)3)16(18)14-6-4-5-11(2)15(14)17/h4-9,16,18H,1-3H3. The highest BCUT2D eigenvalue weighted by atomic mass is 19.1. The van der Waals surface area contributed by atoms with Gasteiger partial charge in [-0.3, -0.25) is 0 Å². The summed E-state index contributed by atoms with van der Waals surface area (Å²) in [5.41, 5.74) is 3.87. The lowest BCUT2D eigenvalue weighted by molar-refractivity contribution is 0.214. The van der Waals surface area contributed by atoms with Gasteiger partial charge in [0, 0.05) is 5.56 Å². The van der Waals surface area contributed by atoms with Gasteiger partial charge >= 0.3 is 0 Å². The first-order valence-electron chi connectivity index (χ1n) is 6.01. The summed E-state index contributed by atoms with van der Waals surface area (Å²) in [7, 11) is 0. The second kappa shape index (κ2) is 4.91. The lowest BCUT2D eigenvalue weighted by Crippen LogP contribution is -2.04. The smallest absolute Gasteiger partial charge is 0.132 e. The summed E-state index contributed by atoms with van der Waals surface area (Å²) in [4.78, 5) is 0. The molecule has 0 fully saturated rings. The maximum Gasteiger partial charge on any atom is 0.132 e.